The Morgan fingerprint density at radius 2 is 1.89 bits per heavy atom. The van der Waals surface area contributed by atoms with E-state index in [-0.39, 0.29) is 17.8 Å². The molecule has 1 aromatic carbocycles. The predicted molar refractivity (Wildman–Crippen MR) is 74.9 cm³/mol. The fourth-order valence-electron chi connectivity index (χ4n) is 2.29. The Bertz CT molecular complexity index is 468. The summed E-state index contributed by atoms with van der Waals surface area (Å²) in [6, 6.07) is 5.02. The van der Waals surface area contributed by atoms with Crippen molar-refractivity contribution in [3.8, 4) is 0 Å². The van der Waals surface area contributed by atoms with Gasteiger partial charge in [-0.2, -0.15) is 0 Å². The molecule has 0 aromatic heterocycles. The average Bonchev–Trinajstić information content (AvgIpc) is 2.81. The SMILES string of the molecule is COC1CN(c2ccc(C(=O)O)cc2Br)CC1OC. The Morgan fingerprint density at radius 3 is 2.32 bits per heavy atom. The van der Waals surface area contributed by atoms with Gasteiger partial charge >= 0.3 is 5.97 Å². The predicted octanol–water partition coefficient (Wildman–Crippen LogP) is 2.00. The summed E-state index contributed by atoms with van der Waals surface area (Å²) in [4.78, 5) is 13.0. The van der Waals surface area contributed by atoms with Gasteiger partial charge in [0.25, 0.3) is 0 Å². The van der Waals surface area contributed by atoms with Crippen LogP contribution in [0.2, 0.25) is 0 Å². The summed E-state index contributed by atoms with van der Waals surface area (Å²) in [5, 5.41) is 8.95. The molecule has 104 valence electrons. The summed E-state index contributed by atoms with van der Waals surface area (Å²) in [6.07, 6.45) is 0.0482. The van der Waals surface area contributed by atoms with Crippen LogP contribution in [0.15, 0.2) is 22.7 Å². The molecule has 5 nitrogen and oxygen atoms in total. The second-order valence-electron chi connectivity index (χ2n) is 4.42. The molecule has 1 N–H and O–H groups in total. The summed E-state index contributed by atoms with van der Waals surface area (Å²) >= 11 is 3.42. The number of rotatable bonds is 4. The maximum Gasteiger partial charge on any atom is 0.335 e. The lowest BCUT2D eigenvalue weighted by Gasteiger charge is -2.19. The number of carboxylic acid groups (broad SMARTS) is 1. The highest BCUT2D eigenvalue weighted by molar-refractivity contribution is 9.10. The molecule has 1 saturated heterocycles. The number of carbonyl (C=O) groups is 1. The highest BCUT2D eigenvalue weighted by atomic mass is 79.9. The summed E-state index contributed by atoms with van der Waals surface area (Å²) in [6.45, 7) is 1.44. The van der Waals surface area contributed by atoms with Gasteiger partial charge in [0, 0.05) is 31.8 Å². The van der Waals surface area contributed by atoms with Crippen LogP contribution in [0.3, 0.4) is 0 Å². The molecule has 19 heavy (non-hydrogen) atoms. The van der Waals surface area contributed by atoms with E-state index in [2.05, 4.69) is 20.8 Å². The fraction of sp³-hybridized carbons (Fsp3) is 0.462. The standard InChI is InChI=1S/C13H16BrNO4/c1-18-11-6-15(7-12(11)19-2)10-4-3-8(13(16)17)5-9(10)14/h3-5,11-12H,6-7H2,1-2H3,(H,16,17). The Balaban J connectivity index is 2.21. The maximum atomic E-state index is 10.9. The number of methoxy groups -OCH3 is 2. The topological polar surface area (TPSA) is 59.0 Å². The van der Waals surface area contributed by atoms with Gasteiger partial charge in [-0.15, -0.1) is 0 Å². The molecule has 1 aliphatic heterocycles. The van der Waals surface area contributed by atoms with Gasteiger partial charge in [-0.25, -0.2) is 4.79 Å². The van der Waals surface area contributed by atoms with E-state index in [1.807, 2.05) is 0 Å². The molecule has 6 heteroatoms. The molecule has 1 fully saturated rings. The molecule has 0 spiro atoms. The van der Waals surface area contributed by atoms with Crippen LogP contribution in [0.5, 0.6) is 0 Å². The molecule has 1 aromatic rings. The van der Waals surface area contributed by atoms with Crippen LogP contribution < -0.4 is 4.90 Å². The van der Waals surface area contributed by atoms with Crippen molar-refractivity contribution in [2.24, 2.45) is 0 Å². The number of ether oxygens (including phenoxy) is 2. The fourth-order valence-corrected chi connectivity index (χ4v) is 2.92. The van der Waals surface area contributed by atoms with Gasteiger partial charge in [-0.05, 0) is 34.1 Å². The minimum absolute atomic E-state index is 0.0241. The van der Waals surface area contributed by atoms with E-state index < -0.39 is 5.97 Å². The van der Waals surface area contributed by atoms with Gasteiger partial charge < -0.3 is 19.5 Å². The highest BCUT2D eigenvalue weighted by Crippen LogP contribution is 2.31. The summed E-state index contributed by atoms with van der Waals surface area (Å²) < 4.78 is 11.5. The first-order valence-electron chi connectivity index (χ1n) is 5.90. The average molecular weight is 330 g/mol. The third kappa shape index (κ3) is 2.91. The molecular formula is C13H16BrNO4. The Hall–Kier alpha value is -1.11. The summed E-state index contributed by atoms with van der Waals surface area (Å²) in [5.74, 6) is -0.932. The molecule has 0 amide bonds. The largest absolute Gasteiger partial charge is 0.478 e. The number of hydrogen-bond acceptors (Lipinski definition) is 4. The van der Waals surface area contributed by atoms with Crippen molar-refractivity contribution in [2.75, 3.05) is 32.2 Å². The quantitative estimate of drug-likeness (QED) is 0.915. The van der Waals surface area contributed by atoms with Crippen LogP contribution in [0.25, 0.3) is 0 Å². The number of carboxylic acids is 1. The van der Waals surface area contributed by atoms with E-state index >= 15 is 0 Å². The number of hydrogen-bond donors (Lipinski definition) is 1. The normalized spacial score (nSPS) is 22.8. The maximum absolute atomic E-state index is 10.9. The zero-order valence-electron chi connectivity index (χ0n) is 10.8. The second kappa shape index (κ2) is 5.90. The van der Waals surface area contributed by atoms with Gasteiger partial charge in [0.2, 0.25) is 0 Å². The van der Waals surface area contributed by atoms with E-state index in [1.165, 1.54) is 0 Å². The van der Waals surface area contributed by atoms with Crippen LogP contribution in [-0.4, -0.2) is 50.6 Å². The first-order chi connectivity index (χ1) is 9.06. The van der Waals surface area contributed by atoms with Crippen LogP contribution >= 0.6 is 15.9 Å². The van der Waals surface area contributed by atoms with E-state index in [0.29, 0.717) is 0 Å². The Labute approximate surface area is 120 Å². The molecule has 2 rings (SSSR count). The molecule has 0 radical (unpaired) electrons. The zero-order valence-corrected chi connectivity index (χ0v) is 12.4. The van der Waals surface area contributed by atoms with E-state index in [4.69, 9.17) is 14.6 Å². The van der Waals surface area contributed by atoms with Gasteiger partial charge in [-0.3, -0.25) is 0 Å². The monoisotopic (exact) mass is 329 g/mol. The summed E-state index contributed by atoms with van der Waals surface area (Å²) in [7, 11) is 3.34. The van der Waals surface area contributed by atoms with Gasteiger partial charge in [0.05, 0.1) is 11.3 Å². The van der Waals surface area contributed by atoms with E-state index in [0.717, 1.165) is 23.2 Å². The van der Waals surface area contributed by atoms with Crippen molar-refractivity contribution in [3.05, 3.63) is 28.2 Å². The van der Waals surface area contributed by atoms with Crippen LogP contribution in [0.4, 0.5) is 5.69 Å². The van der Waals surface area contributed by atoms with E-state index in [1.54, 1.807) is 32.4 Å². The van der Waals surface area contributed by atoms with Crippen LogP contribution in [0, 0.1) is 0 Å². The minimum atomic E-state index is -0.932. The molecule has 0 aliphatic carbocycles. The van der Waals surface area contributed by atoms with Crippen molar-refractivity contribution >= 4 is 27.6 Å². The van der Waals surface area contributed by atoms with Gasteiger partial charge in [0.15, 0.2) is 0 Å². The highest BCUT2D eigenvalue weighted by Gasteiger charge is 2.33. The van der Waals surface area contributed by atoms with Crippen molar-refractivity contribution in [1.29, 1.82) is 0 Å². The number of anilines is 1. The number of benzene rings is 1. The van der Waals surface area contributed by atoms with Crippen molar-refractivity contribution < 1.29 is 19.4 Å². The Morgan fingerprint density at radius 1 is 1.32 bits per heavy atom. The lowest BCUT2D eigenvalue weighted by Crippen LogP contribution is -2.27. The molecule has 1 heterocycles. The third-order valence-corrected chi connectivity index (χ3v) is 3.99. The smallest absolute Gasteiger partial charge is 0.335 e. The lowest BCUT2D eigenvalue weighted by molar-refractivity contribution is -0.00461. The molecular weight excluding hydrogens is 314 g/mol. The molecule has 1 aliphatic rings. The van der Waals surface area contributed by atoms with Crippen molar-refractivity contribution in [3.63, 3.8) is 0 Å². The molecule has 0 saturated carbocycles. The number of nitrogens with zero attached hydrogens (tertiary/aromatic N) is 1. The zero-order chi connectivity index (χ0) is 14.0. The first-order valence-corrected chi connectivity index (χ1v) is 6.69. The summed E-state index contributed by atoms with van der Waals surface area (Å²) in [5.41, 5.74) is 1.22. The van der Waals surface area contributed by atoms with Gasteiger partial charge in [0.1, 0.15) is 12.2 Å². The second-order valence-corrected chi connectivity index (χ2v) is 5.28. The molecule has 0 bridgehead atoms. The van der Waals surface area contributed by atoms with Crippen molar-refractivity contribution in [1.82, 2.24) is 0 Å². The molecule has 2 atom stereocenters. The third-order valence-electron chi connectivity index (χ3n) is 3.36. The van der Waals surface area contributed by atoms with Gasteiger partial charge in [-0.1, -0.05) is 0 Å². The van der Waals surface area contributed by atoms with Crippen molar-refractivity contribution in [2.45, 2.75) is 12.2 Å². The van der Waals surface area contributed by atoms with Crippen LogP contribution in [-0.2, 0) is 9.47 Å². The number of halogens is 1. The lowest BCUT2D eigenvalue weighted by atomic mass is 10.2. The molecule has 2 unspecified atom stereocenters. The number of aromatic carboxylic acids is 1. The Kier molecular flexibility index (Phi) is 4.44. The minimum Gasteiger partial charge on any atom is -0.478 e. The van der Waals surface area contributed by atoms with Crippen LogP contribution in [0.1, 0.15) is 10.4 Å². The van der Waals surface area contributed by atoms with E-state index in [9.17, 15) is 4.79 Å². The first kappa shape index (κ1) is 14.3.